The van der Waals surface area contributed by atoms with Crippen molar-refractivity contribution in [2.75, 3.05) is 19.6 Å². The number of benzene rings is 1. The molecule has 2 amide bonds. The average Bonchev–Trinajstić information content (AvgIpc) is 2.55. The van der Waals surface area contributed by atoms with E-state index in [4.69, 9.17) is 11.6 Å². The summed E-state index contributed by atoms with van der Waals surface area (Å²) >= 11 is 5.96. The van der Waals surface area contributed by atoms with Gasteiger partial charge in [-0.1, -0.05) is 32.4 Å². The topological polar surface area (TPSA) is 113 Å². The molecular weight excluding hydrogens is 383 g/mol. The van der Waals surface area contributed by atoms with Gasteiger partial charge in [-0.3, -0.25) is 19.7 Å². The van der Waals surface area contributed by atoms with E-state index < -0.39 is 16.9 Å². The lowest BCUT2D eigenvalue weighted by Crippen LogP contribution is -2.50. The Morgan fingerprint density at radius 1 is 1.27 bits per heavy atom. The number of nitrogens with zero attached hydrogens (tertiary/aromatic N) is 1. The second-order valence-electron chi connectivity index (χ2n) is 5.76. The number of carbonyl (C=O) groups is 2. The Bertz CT molecular complexity index is 641. The number of rotatable bonds is 9. The maximum absolute atomic E-state index is 12.4. The highest BCUT2D eigenvalue weighted by atomic mass is 35.5. The molecular formula is C16H24Cl2N4O4. The van der Waals surface area contributed by atoms with Crippen LogP contribution in [0.4, 0.5) is 5.69 Å². The van der Waals surface area contributed by atoms with Gasteiger partial charge in [-0.2, -0.15) is 0 Å². The van der Waals surface area contributed by atoms with Crippen LogP contribution in [0.25, 0.3) is 0 Å². The highest BCUT2D eigenvalue weighted by Gasteiger charge is 2.25. The standard InChI is InChI=1S/C16H23ClN4O4.ClH/c1-4-18-7-8-19-16(23)14(10(2)3)20-15(22)12-6-5-11(21(24)25)9-13(12)17;/h5-6,9-10,14,18H,4,7-8H2,1-3H3,(H,19,23)(H,20,22);1H. The fraction of sp³-hybridized carbons (Fsp3) is 0.500. The molecule has 0 bridgehead atoms. The van der Waals surface area contributed by atoms with Crippen LogP contribution in [0.5, 0.6) is 0 Å². The minimum absolute atomic E-state index is 0. The predicted octanol–water partition coefficient (Wildman–Crippen LogP) is 2.15. The molecule has 8 nitrogen and oxygen atoms in total. The lowest BCUT2D eigenvalue weighted by atomic mass is 10.0. The van der Waals surface area contributed by atoms with Gasteiger partial charge in [0.1, 0.15) is 6.04 Å². The second kappa shape index (κ2) is 11.7. The second-order valence-corrected chi connectivity index (χ2v) is 6.17. The zero-order valence-electron chi connectivity index (χ0n) is 14.9. The van der Waals surface area contributed by atoms with E-state index in [0.717, 1.165) is 12.6 Å². The van der Waals surface area contributed by atoms with E-state index in [1.807, 2.05) is 20.8 Å². The molecule has 0 saturated carbocycles. The molecule has 0 saturated heterocycles. The number of likely N-dealkylation sites (N-methyl/N-ethyl adjacent to an activating group) is 1. The van der Waals surface area contributed by atoms with E-state index in [-0.39, 0.29) is 40.5 Å². The summed E-state index contributed by atoms with van der Waals surface area (Å²) in [6.45, 7) is 7.48. The van der Waals surface area contributed by atoms with Gasteiger partial charge in [-0.25, -0.2) is 0 Å². The molecule has 0 radical (unpaired) electrons. The molecule has 0 spiro atoms. The first-order chi connectivity index (χ1) is 11.8. The van der Waals surface area contributed by atoms with Crippen LogP contribution in [0.2, 0.25) is 5.02 Å². The zero-order valence-corrected chi connectivity index (χ0v) is 16.4. The Hall–Kier alpha value is -1.90. The molecule has 26 heavy (non-hydrogen) atoms. The minimum Gasteiger partial charge on any atom is -0.353 e. The summed E-state index contributed by atoms with van der Waals surface area (Å²) in [6, 6.07) is 2.84. The largest absolute Gasteiger partial charge is 0.353 e. The van der Waals surface area contributed by atoms with Crippen molar-refractivity contribution in [3.8, 4) is 0 Å². The van der Waals surface area contributed by atoms with Crippen LogP contribution >= 0.6 is 24.0 Å². The molecule has 0 aliphatic heterocycles. The number of nitro benzene ring substituents is 1. The van der Waals surface area contributed by atoms with Gasteiger partial charge in [0.25, 0.3) is 11.6 Å². The predicted molar refractivity (Wildman–Crippen MR) is 103 cm³/mol. The third kappa shape index (κ3) is 7.15. The highest BCUT2D eigenvalue weighted by Crippen LogP contribution is 2.22. The van der Waals surface area contributed by atoms with Gasteiger partial charge in [0.2, 0.25) is 5.91 Å². The van der Waals surface area contributed by atoms with Gasteiger partial charge in [0.05, 0.1) is 15.5 Å². The summed E-state index contributed by atoms with van der Waals surface area (Å²) in [6.07, 6.45) is 0. The third-order valence-electron chi connectivity index (χ3n) is 3.49. The molecule has 0 fully saturated rings. The van der Waals surface area contributed by atoms with Crippen molar-refractivity contribution in [1.29, 1.82) is 0 Å². The molecule has 1 rings (SSSR count). The molecule has 146 valence electrons. The maximum Gasteiger partial charge on any atom is 0.270 e. The summed E-state index contributed by atoms with van der Waals surface area (Å²) in [7, 11) is 0. The highest BCUT2D eigenvalue weighted by molar-refractivity contribution is 6.34. The molecule has 10 heteroatoms. The van der Waals surface area contributed by atoms with Gasteiger partial charge in [0.15, 0.2) is 0 Å². The minimum atomic E-state index is -0.736. The molecule has 0 heterocycles. The molecule has 1 atom stereocenters. The Labute approximate surface area is 163 Å². The fourth-order valence-corrected chi connectivity index (χ4v) is 2.38. The van der Waals surface area contributed by atoms with E-state index in [9.17, 15) is 19.7 Å². The number of hydrogen-bond donors (Lipinski definition) is 3. The van der Waals surface area contributed by atoms with Crippen molar-refractivity contribution in [1.82, 2.24) is 16.0 Å². The van der Waals surface area contributed by atoms with Gasteiger partial charge in [-0.05, 0) is 18.5 Å². The van der Waals surface area contributed by atoms with Crippen molar-refractivity contribution in [2.45, 2.75) is 26.8 Å². The molecule has 0 aromatic heterocycles. The number of non-ortho nitro benzene ring substituents is 1. The number of halogens is 2. The van der Waals surface area contributed by atoms with Crippen molar-refractivity contribution in [3.05, 3.63) is 38.9 Å². The quantitative estimate of drug-likeness (QED) is 0.330. The Balaban J connectivity index is 0.00000625. The summed E-state index contributed by atoms with van der Waals surface area (Å²) < 4.78 is 0. The summed E-state index contributed by atoms with van der Waals surface area (Å²) in [5.74, 6) is -0.986. The molecule has 3 N–H and O–H groups in total. The first kappa shape index (κ1) is 24.1. The van der Waals surface area contributed by atoms with Crippen LogP contribution in [0, 0.1) is 16.0 Å². The van der Waals surface area contributed by atoms with E-state index in [0.29, 0.717) is 13.1 Å². The SMILES string of the molecule is CCNCCNC(=O)C(NC(=O)c1ccc([N+](=O)[O-])cc1Cl)C(C)C.Cl. The van der Waals surface area contributed by atoms with Crippen LogP contribution in [0.3, 0.4) is 0 Å². The Kier molecular flexibility index (Phi) is 10.8. The monoisotopic (exact) mass is 406 g/mol. The normalized spacial score (nSPS) is 11.4. The van der Waals surface area contributed by atoms with Gasteiger partial charge >= 0.3 is 0 Å². The summed E-state index contributed by atoms with van der Waals surface area (Å²) in [4.78, 5) is 34.8. The van der Waals surface area contributed by atoms with Crippen molar-refractivity contribution >= 4 is 41.5 Å². The van der Waals surface area contributed by atoms with E-state index >= 15 is 0 Å². The van der Waals surface area contributed by atoms with E-state index in [1.165, 1.54) is 12.1 Å². The number of nitro groups is 1. The molecule has 1 unspecified atom stereocenters. The lowest BCUT2D eigenvalue weighted by molar-refractivity contribution is -0.384. The van der Waals surface area contributed by atoms with E-state index in [1.54, 1.807) is 0 Å². The molecule has 1 aromatic carbocycles. The van der Waals surface area contributed by atoms with E-state index in [2.05, 4.69) is 16.0 Å². The first-order valence-corrected chi connectivity index (χ1v) is 8.39. The lowest BCUT2D eigenvalue weighted by Gasteiger charge is -2.22. The summed E-state index contributed by atoms with van der Waals surface area (Å²) in [5.41, 5.74) is -0.124. The molecule has 1 aromatic rings. The maximum atomic E-state index is 12.4. The third-order valence-corrected chi connectivity index (χ3v) is 3.81. The van der Waals surface area contributed by atoms with Gasteiger partial charge < -0.3 is 16.0 Å². The number of amides is 2. The number of nitrogens with one attached hydrogen (secondary N) is 3. The van der Waals surface area contributed by atoms with Crippen LogP contribution < -0.4 is 16.0 Å². The van der Waals surface area contributed by atoms with Crippen LogP contribution in [0.1, 0.15) is 31.1 Å². The van der Waals surface area contributed by atoms with Crippen molar-refractivity contribution in [3.63, 3.8) is 0 Å². The van der Waals surface area contributed by atoms with Gasteiger partial charge in [0, 0.05) is 25.2 Å². The summed E-state index contributed by atoms with van der Waals surface area (Å²) in [5, 5.41) is 19.2. The van der Waals surface area contributed by atoms with Crippen LogP contribution in [-0.2, 0) is 4.79 Å². The Morgan fingerprint density at radius 3 is 2.42 bits per heavy atom. The number of hydrogen-bond acceptors (Lipinski definition) is 5. The van der Waals surface area contributed by atoms with Crippen LogP contribution in [0.15, 0.2) is 18.2 Å². The molecule has 0 aliphatic rings. The van der Waals surface area contributed by atoms with Crippen LogP contribution in [-0.4, -0.2) is 42.4 Å². The Morgan fingerprint density at radius 2 is 1.92 bits per heavy atom. The zero-order chi connectivity index (χ0) is 19.0. The average molecular weight is 407 g/mol. The number of carbonyl (C=O) groups excluding carboxylic acids is 2. The van der Waals surface area contributed by atoms with Crippen molar-refractivity contribution < 1.29 is 14.5 Å². The van der Waals surface area contributed by atoms with Gasteiger partial charge in [-0.15, -0.1) is 12.4 Å². The smallest absolute Gasteiger partial charge is 0.270 e. The molecule has 0 aliphatic carbocycles. The fourth-order valence-electron chi connectivity index (χ4n) is 2.12. The van der Waals surface area contributed by atoms with Crippen molar-refractivity contribution in [2.24, 2.45) is 5.92 Å². The first-order valence-electron chi connectivity index (χ1n) is 8.01.